The minimum atomic E-state index is -0.896. The molecule has 0 spiro atoms. The highest BCUT2D eigenvalue weighted by Crippen LogP contribution is 2.49. The van der Waals surface area contributed by atoms with E-state index in [0.717, 1.165) is 28.8 Å². The molecule has 5 heteroatoms. The van der Waals surface area contributed by atoms with E-state index >= 15 is 0 Å². The molecule has 5 rings (SSSR count). The Kier molecular flexibility index (Phi) is 4.77. The fourth-order valence-corrected chi connectivity index (χ4v) is 4.77. The number of benzene rings is 3. The van der Waals surface area contributed by atoms with E-state index in [9.17, 15) is 9.59 Å². The first kappa shape index (κ1) is 20.3. The third-order valence-electron chi connectivity index (χ3n) is 6.46. The summed E-state index contributed by atoms with van der Waals surface area (Å²) in [6, 6.07) is 22.2. The van der Waals surface area contributed by atoms with Gasteiger partial charge in [0.05, 0.1) is 6.04 Å². The van der Waals surface area contributed by atoms with Crippen LogP contribution in [0.15, 0.2) is 72.8 Å². The van der Waals surface area contributed by atoms with Crippen LogP contribution in [0, 0.1) is 6.92 Å². The average Bonchev–Trinajstić information content (AvgIpc) is 2.79. The van der Waals surface area contributed by atoms with Crippen LogP contribution in [0.3, 0.4) is 0 Å². The number of carbonyl (C=O) groups excluding carboxylic acids is 2. The summed E-state index contributed by atoms with van der Waals surface area (Å²) in [5.41, 5.74) is 3.38. The number of hydrogen-bond donors (Lipinski definition) is 0. The van der Waals surface area contributed by atoms with Gasteiger partial charge in [0.1, 0.15) is 5.75 Å². The zero-order valence-electron chi connectivity index (χ0n) is 18.5. The number of imide groups is 1. The second kappa shape index (κ2) is 7.52. The van der Waals surface area contributed by atoms with Crippen molar-refractivity contribution >= 4 is 17.6 Å². The Bertz CT molecular complexity index is 1200. The maximum atomic E-state index is 14.0. The summed E-state index contributed by atoms with van der Waals surface area (Å²) >= 11 is 0. The number of para-hydroxylation sites is 1. The Balaban J connectivity index is 1.66. The van der Waals surface area contributed by atoms with Crippen molar-refractivity contribution in [2.75, 3.05) is 4.90 Å². The van der Waals surface area contributed by atoms with Gasteiger partial charge >= 0.3 is 6.03 Å². The summed E-state index contributed by atoms with van der Waals surface area (Å²) < 4.78 is 6.42. The number of rotatable bonds is 3. The molecule has 2 aliphatic rings. The lowest BCUT2D eigenvalue weighted by atomic mass is 9.88. The molecule has 2 bridgehead atoms. The topological polar surface area (TPSA) is 49.9 Å². The number of hydrogen-bond acceptors (Lipinski definition) is 3. The number of anilines is 1. The minimum absolute atomic E-state index is 0.296. The summed E-state index contributed by atoms with van der Waals surface area (Å²) in [4.78, 5) is 30.7. The van der Waals surface area contributed by atoms with E-state index < -0.39 is 11.8 Å². The molecule has 1 fully saturated rings. The van der Waals surface area contributed by atoms with Gasteiger partial charge in [-0.2, -0.15) is 0 Å². The lowest BCUT2D eigenvalue weighted by Crippen LogP contribution is -2.67. The van der Waals surface area contributed by atoms with E-state index in [2.05, 4.69) is 6.92 Å². The molecule has 5 nitrogen and oxygen atoms in total. The van der Waals surface area contributed by atoms with Crippen molar-refractivity contribution in [2.45, 2.75) is 45.4 Å². The molecule has 0 unspecified atom stereocenters. The first-order valence-electron chi connectivity index (χ1n) is 11.0. The summed E-state index contributed by atoms with van der Waals surface area (Å²) in [7, 11) is 0. The van der Waals surface area contributed by atoms with Gasteiger partial charge in [0.25, 0.3) is 5.91 Å². The van der Waals surface area contributed by atoms with E-state index in [0.29, 0.717) is 17.7 Å². The number of urea groups is 1. The van der Waals surface area contributed by atoms with Crippen LogP contribution in [-0.4, -0.2) is 22.6 Å². The fraction of sp³-hybridized carbons (Fsp3) is 0.259. The van der Waals surface area contributed by atoms with Gasteiger partial charge in [-0.15, -0.1) is 0 Å². The van der Waals surface area contributed by atoms with E-state index in [4.69, 9.17) is 4.74 Å². The predicted octanol–water partition coefficient (Wildman–Crippen LogP) is 5.88. The molecular weight excluding hydrogens is 400 g/mol. The highest BCUT2D eigenvalue weighted by Gasteiger charge is 2.55. The molecule has 0 aromatic heterocycles. The summed E-state index contributed by atoms with van der Waals surface area (Å²) in [5.74, 6) is 0.410. The van der Waals surface area contributed by atoms with Crippen molar-refractivity contribution in [3.8, 4) is 5.75 Å². The van der Waals surface area contributed by atoms with Crippen molar-refractivity contribution in [3.05, 3.63) is 95.1 Å². The van der Waals surface area contributed by atoms with Crippen molar-refractivity contribution in [1.82, 2.24) is 4.90 Å². The lowest BCUT2D eigenvalue weighted by Gasteiger charge is -2.53. The molecule has 2 heterocycles. The second-order valence-electron chi connectivity index (χ2n) is 8.72. The molecule has 2 atom stereocenters. The smallest absolute Gasteiger partial charge is 0.335 e. The van der Waals surface area contributed by atoms with E-state index in [1.165, 1.54) is 4.90 Å². The summed E-state index contributed by atoms with van der Waals surface area (Å²) in [6.45, 7) is 5.98. The SMILES string of the molecule is CCc1cccc(N2C(=O)N(C(=O)c3ccc(C)cc3)[C@H]3C[C@]2(C)Oc2ccccc23)c1. The standard InChI is InChI=1S/C27H26N2O3/c1-4-19-8-7-9-21(16-19)29-26(31)28(25(30)20-14-12-18(2)13-15-20)23-17-27(29,3)32-24-11-6-5-10-22(23)24/h5-16,23H,4,17H2,1-3H3/t23-,27-/m0/s1. The molecule has 1 saturated heterocycles. The zero-order chi connectivity index (χ0) is 22.5. The molecule has 32 heavy (non-hydrogen) atoms. The van der Waals surface area contributed by atoms with Crippen LogP contribution in [0.5, 0.6) is 5.75 Å². The number of fused-ring (bicyclic) bond motifs is 4. The highest BCUT2D eigenvalue weighted by atomic mass is 16.5. The van der Waals surface area contributed by atoms with Crippen molar-refractivity contribution < 1.29 is 14.3 Å². The highest BCUT2D eigenvalue weighted by molar-refractivity contribution is 6.10. The largest absolute Gasteiger partial charge is 0.467 e. The molecule has 3 aromatic rings. The van der Waals surface area contributed by atoms with Gasteiger partial charge < -0.3 is 4.74 Å². The van der Waals surface area contributed by atoms with Gasteiger partial charge in [0, 0.05) is 23.2 Å². The number of carbonyl (C=O) groups is 2. The molecule has 3 aromatic carbocycles. The molecular formula is C27H26N2O3. The number of amides is 3. The van der Waals surface area contributed by atoms with Crippen molar-refractivity contribution in [3.63, 3.8) is 0 Å². The Hall–Kier alpha value is -3.60. The van der Waals surface area contributed by atoms with Gasteiger partial charge in [-0.25, -0.2) is 4.79 Å². The average molecular weight is 427 g/mol. The molecule has 0 radical (unpaired) electrons. The van der Waals surface area contributed by atoms with Gasteiger partial charge in [0.2, 0.25) is 0 Å². The normalized spacial score (nSPS) is 21.7. The Morgan fingerprint density at radius 3 is 2.56 bits per heavy atom. The minimum Gasteiger partial charge on any atom is -0.467 e. The van der Waals surface area contributed by atoms with E-state index in [-0.39, 0.29) is 11.9 Å². The number of ether oxygens (including phenoxy) is 1. The Morgan fingerprint density at radius 1 is 1.06 bits per heavy atom. The van der Waals surface area contributed by atoms with E-state index in [1.54, 1.807) is 17.0 Å². The van der Waals surface area contributed by atoms with Crippen molar-refractivity contribution in [2.24, 2.45) is 0 Å². The van der Waals surface area contributed by atoms with Crippen LogP contribution >= 0.6 is 0 Å². The first-order chi connectivity index (χ1) is 15.4. The van der Waals surface area contributed by atoms with Gasteiger partial charge in [0.15, 0.2) is 5.72 Å². The van der Waals surface area contributed by atoms with E-state index in [1.807, 2.05) is 74.5 Å². The van der Waals surface area contributed by atoms with Gasteiger partial charge in [-0.1, -0.05) is 55.0 Å². The quantitative estimate of drug-likeness (QED) is 0.525. The molecule has 3 amide bonds. The second-order valence-corrected chi connectivity index (χ2v) is 8.72. The van der Waals surface area contributed by atoms with Crippen LogP contribution in [0.1, 0.15) is 53.4 Å². The monoisotopic (exact) mass is 426 g/mol. The number of nitrogens with zero attached hydrogens (tertiary/aromatic N) is 2. The van der Waals surface area contributed by atoms with Crippen molar-refractivity contribution in [1.29, 1.82) is 0 Å². The fourth-order valence-electron chi connectivity index (χ4n) is 4.77. The van der Waals surface area contributed by atoms with Crippen LogP contribution < -0.4 is 9.64 Å². The number of aryl methyl sites for hydroxylation is 2. The molecule has 0 N–H and O–H groups in total. The van der Waals surface area contributed by atoms with Crippen LogP contribution in [0.2, 0.25) is 0 Å². The van der Waals surface area contributed by atoms with Crippen LogP contribution in [0.4, 0.5) is 10.5 Å². The Labute approximate surface area is 188 Å². The molecule has 0 saturated carbocycles. The summed E-state index contributed by atoms with van der Waals surface area (Å²) in [6.07, 6.45) is 1.34. The maximum absolute atomic E-state index is 14.0. The third kappa shape index (κ3) is 3.16. The third-order valence-corrected chi connectivity index (χ3v) is 6.46. The molecule has 162 valence electrons. The summed E-state index contributed by atoms with van der Waals surface area (Å²) in [5, 5.41) is 0. The lowest BCUT2D eigenvalue weighted by molar-refractivity contribution is 0.00268. The Morgan fingerprint density at radius 2 is 1.81 bits per heavy atom. The maximum Gasteiger partial charge on any atom is 0.335 e. The molecule has 2 aliphatic heterocycles. The molecule has 0 aliphatic carbocycles. The van der Waals surface area contributed by atoms with Crippen LogP contribution in [-0.2, 0) is 6.42 Å². The first-order valence-corrected chi connectivity index (χ1v) is 11.0. The van der Waals surface area contributed by atoms with Crippen LogP contribution in [0.25, 0.3) is 0 Å². The van der Waals surface area contributed by atoms with Gasteiger partial charge in [-0.3, -0.25) is 14.6 Å². The zero-order valence-corrected chi connectivity index (χ0v) is 18.5. The predicted molar refractivity (Wildman–Crippen MR) is 124 cm³/mol. The van der Waals surface area contributed by atoms with Gasteiger partial charge in [-0.05, 0) is 56.2 Å².